The zero-order valence-corrected chi connectivity index (χ0v) is 18.2. The maximum Gasteiger partial charge on any atom is 0.262 e. The molecule has 2 N–H and O–H groups in total. The van der Waals surface area contributed by atoms with Crippen LogP contribution in [0.5, 0.6) is 5.75 Å². The highest BCUT2D eigenvalue weighted by Gasteiger charge is 2.32. The smallest absolute Gasteiger partial charge is 0.262 e. The molecule has 2 aromatic carbocycles. The second kappa shape index (κ2) is 8.44. The van der Waals surface area contributed by atoms with Crippen LogP contribution in [-0.2, 0) is 0 Å². The van der Waals surface area contributed by atoms with Crippen molar-refractivity contribution in [1.29, 1.82) is 0 Å². The van der Waals surface area contributed by atoms with Crippen LogP contribution in [0.15, 0.2) is 42.5 Å². The first-order chi connectivity index (χ1) is 14.0. The fourth-order valence-electron chi connectivity index (χ4n) is 2.94. The molecule has 0 atom stereocenters. The van der Waals surface area contributed by atoms with E-state index in [-0.39, 0.29) is 5.91 Å². The number of benzene rings is 2. The van der Waals surface area contributed by atoms with Gasteiger partial charge in [-0.05, 0) is 76.3 Å². The monoisotopic (exact) mass is 407 g/mol. The number of hydrogen-bond acceptors (Lipinski definition) is 4. The lowest BCUT2D eigenvalue weighted by Crippen LogP contribution is -2.44. The zero-order chi connectivity index (χ0) is 22.1. The molecular formula is C24H30BNO4. The summed E-state index contributed by atoms with van der Waals surface area (Å²) in [6.07, 6.45) is 2.48. The molecule has 1 aliphatic carbocycles. The normalized spacial score (nSPS) is 16.7. The average Bonchev–Trinajstić information content (AvgIpc) is 3.49. The van der Waals surface area contributed by atoms with Gasteiger partial charge in [-0.15, -0.1) is 0 Å². The van der Waals surface area contributed by atoms with Crippen molar-refractivity contribution < 1.29 is 19.7 Å². The van der Waals surface area contributed by atoms with E-state index in [0.717, 1.165) is 5.69 Å². The van der Waals surface area contributed by atoms with Gasteiger partial charge in [0.15, 0.2) is 0 Å². The second-order valence-corrected chi connectivity index (χ2v) is 9.05. The summed E-state index contributed by atoms with van der Waals surface area (Å²) < 4.78 is 5.83. The molecule has 1 amide bonds. The third-order valence-corrected chi connectivity index (χ3v) is 5.78. The van der Waals surface area contributed by atoms with Gasteiger partial charge in [0, 0.05) is 5.69 Å². The summed E-state index contributed by atoms with van der Waals surface area (Å²) in [5.41, 5.74) is 1.36. The van der Waals surface area contributed by atoms with Gasteiger partial charge in [0.2, 0.25) is 0 Å². The van der Waals surface area contributed by atoms with Crippen molar-refractivity contribution in [2.75, 3.05) is 18.1 Å². The molecule has 1 aliphatic heterocycles. The maximum absolute atomic E-state index is 12.9. The van der Waals surface area contributed by atoms with Crippen LogP contribution in [0.2, 0.25) is 0 Å². The van der Waals surface area contributed by atoms with Crippen LogP contribution in [-0.4, -0.2) is 48.3 Å². The van der Waals surface area contributed by atoms with E-state index in [0.29, 0.717) is 35.8 Å². The number of rotatable bonds is 3. The standard InChI is InChI=1S/C18H16BNO2.C6H14O2/c19-14-2-1-3-15(11-14)20-8-9-22-17-10-13(12-4-5-12)6-7-16(17)18(20)21;1-5(2,7)6(3,4)8/h1-3,6-7,10-12H,4-5,8-9H2;7-8H,1-4H3. The van der Waals surface area contributed by atoms with Crippen LogP contribution in [0.4, 0.5) is 5.69 Å². The Labute approximate surface area is 180 Å². The number of nitrogens with zero attached hydrogens (tertiary/aromatic N) is 1. The van der Waals surface area contributed by atoms with E-state index >= 15 is 0 Å². The van der Waals surface area contributed by atoms with Crippen LogP contribution < -0.4 is 15.1 Å². The predicted molar refractivity (Wildman–Crippen MR) is 120 cm³/mol. The van der Waals surface area contributed by atoms with Crippen molar-refractivity contribution in [3.8, 4) is 5.75 Å². The highest BCUT2D eigenvalue weighted by molar-refractivity contribution is 6.32. The number of aliphatic hydroxyl groups is 2. The number of amides is 1. The van der Waals surface area contributed by atoms with Gasteiger partial charge in [-0.1, -0.05) is 23.7 Å². The number of anilines is 1. The molecule has 0 unspecified atom stereocenters. The Hall–Kier alpha value is -2.31. The van der Waals surface area contributed by atoms with Gasteiger partial charge in [0.25, 0.3) is 5.91 Å². The quantitative estimate of drug-likeness (QED) is 0.768. The average molecular weight is 407 g/mol. The van der Waals surface area contributed by atoms with Crippen LogP contribution in [0, 0.1) is 0 Å². The van der Waals surface area contributed by atoms with E-state index in [4.69, 9.17) is 22.8 Å². The lowest BCUT2D eigenvalue weighted by Gasteiger charge is -2.31. The largest absolute Gasteiger partial charge is 0.491 e. The molecule has 30 heavy (non-hydrogen) atoms. The number of carbonyl (C=O) groups is 1. The minimum atomic E-state index is -1.01. The van der Waals surface area contributed by atoms with E-state index in [1.807, 2.05) is 36.4 Å². The minimum absolute atomic E-state index is 0.0274. The minimum Gasteiger partial charge on any atom is -0.491 e. The van der Waals surface area contributed by atoms with Crippen LogP contribution >= 0.6 is 0 Å². The third-order valence-electron chi connectivity index (χ3n) is 5.78. The topological polar surface area (TPSA) is 70.0 Å². The fourth-order valence-corrected chi connectivity index (χ4v) is 2.94. The van der Waals surface area contributed by atoms with Gasteiger partial charge in [0.1, 0.15) is 20.2 Å². The Balaban J connectivity index is 0.000000275. The van der Waals surface area contributed by atoms with E-state index in [1.54, 1.807) is 32.6 Å². The van der Waals surface area contributed by atoms with Crippen LogP contribution in [0.3, 0.4) is 0 Å². The Morgan fingerprint density at radius 2 is 1.70 bits per heavy atom. The summed E-state index contributed by atoms with van der Waals surface area (Å²) in [5.74, 6) is 1.33. The van der Waals surface area contributed by atoms with E-state index in [9.17, 15) is 4.79 Å². The van der Waals surface area contributed by atoms with Crippen molar-refractivity contribution in [3.05, 3.63) is 53.6 Å². The van der Waals surface area contributed by atoms with Gasteiger partial charge in [-0.2, -0.15) is 0 Å². The summed E-state index contributed by atoms with van der Waals surface area (Å²) in [5, 5.41) is 18.2. The van der Waals surface area contributed by atoms with Crippen LogP contribution in [0.1, 0.15) is 62.4 Å². The Kier molecular flexibility index (Phi) is 6.30. The van der Waals surface area contributed by atoms with Crippen molar-refractivity contribution in [3.63, 3.8) is 0 Å². The van der Waals surface area contributed by atoms with E-state index in [2.05, 4.69) is 6.07 Å². The molecular weight excluding hydrogens is 377 g/mol. The molecule has 0 aromatic heterocycles. The van der Waals surface area contributed by atoms with Gasteiger partial charge < -0.3 is 19.8 Å². The third kappa shape index (κ3) is 5.24. The summed E-state index contributed by atoms with van der Waals surface area (Å²) in [4.78, 5) is 14.6. The van der Waals surface area contributed by atoms with Crippen LogP contribution in [0.25, 0.3) is 0 Å². The van der Waals surface area contributed by atoms with Crippen molar-refractivity contribution >= 4 is 24.9 Å². The zero-order valence-electron chi connectivity index (χ0n) is 18.2. The molecule has 1 saturated carbocycles. The molecule has 5 nitrogen and oxygen atoms in total. The summed E-state index contributed by atoms with van der Waals surface area (Å²) in [6, 6.07) is 13.4. The molecule has 0 bridgehead atoms. The van der Waals surface area contributed by atoms with Gasteiger partial charge in [0.05, 0.1) is 23.3 Å². The van der Waals surface area contributed by atoms with Gasteiger partial charge in [-0.25, -0.2) is 0 Å². The summed E-state index contributed by atoms with van der Waals surface area (Å²) in [6.45, 7) is 7.32. The van der Waals surface area contributed by atoms with E-state index in [1.165, 1.54) is 18.4 Å². The molecule has 158 valence electrons. The molecule has 2 radical (unpaired) electrons. The number of carbonyl (C=O) groups excluding carboxylic acids is 1. The Morgan fingerprint density at radius 1 is 1.03 bits per heavy atom. The SMILES string of the molecule is CC(C)(O)C(C)(C)O.[B]c1cccc(N2CCOc3cc(C4CC4)ccc3C2=O)c1. The highest BCUT2D eigenvalue weighted by atomic mass is 16.5. The predicted octanol–water partition coefficient (Wildman–Crippen LogP) is 2.93. The number of hydrogen-bond donors (Lipinski definition) is 2. The lowest BCUT2D eigenvalue weighted by molar-refractivity contribution is -0.107. The molecule has 1 heterocycles. The highest BCUT2D eigenvalue weighted by Crippen LogP contribution is 2.42. The maximum atomic E-state index is 12.9. The molecule has 2 aliphatic rings. The molecule has 1 fully saturated rings. The molecule has 2 aromatic rings. The fraction of sp³-hybridized carbons (Fsp3) is 0.458. The molecule has 6 heteroatoms. The van der Waals surface area contributed by atoms with E-state index < -0.39 is 11.2 Å². The Morgan fingerprint density at radius 3 is 2.27 bits per heavy atom. The first-order valence-electron chi connectivity index (χ1n) is 10.4. The lowest BCUT2D eigenvalue weighted by atomic mass is 9.90. The first-order valence-corrected chi connectivity index (χ1v) is 10.4. The van der Waals surface area contributed by atoms with Crippen molar-refractivity contribution in [2.24, 2.45) is 0 Å². The number of ether oxygens (including phenoxy) is 1. The second-order valence-electron chi connectivity index (χ2n) is 9.05. The number of fused-ring (bicyclic) bond motifs is 1. The molecule has 0 saturated heterocycles. The molecule has 0 spiro atoms. The summed E-state index contributed by atoms with van der Waals surface area (Å²) in [7, 11) is 5.84. The molecule has 4 rings (SSSR count). The van der Waals surface area contributed by atoms with Crippen molar-refractivity contribution in [2.45, 2.75) is 57.7 Å². The Bertz CT molecular complexity index is 898. The van der Waals surface area contributed by atoms with Gasteiger partial charge in [-0.3, -0.25) is 4.79 Å². The van der Waals surface area contributed by atoms with Crippen molar-refractivity contribution in [1.82, 2.24) is 0 Å². The van der Waals surface area contributed by atoms with Gasteiger partial charge >= 0.3 is 0 Å². The first kappa shape index (κ1) is 22.4. The summed E-state index contributed by atoms with van der Waals surface area (Å²) >= 11 is 0.